The molecule has 0 amide bonds. The Morgan fingerprint density at radius 3 is 2.47 bits per heavy atom. The van der Waals surface area contributed by atoms with Crippen molar-refractivity contribution in [3.63, 3.8) is 0 Å². The van der Waals surface area contributed by atoms with Gasteiger partial charge in [-0.2, -0.15) is 0 Å². The fraction of sp³-hybridized carbons (Fsp3) is 0.154. The average Bonchev–Trinajstić information content (AvgIpc) is 2.78. The molecule has 1 atom stereocenters. The Morgan fingerprint density at radius 1 is 0.969 bits per heavy atom. The molecule has 0 saturated carbocycles. The average molecular weight is 430 g/mol. The lowest BCUT2D eigenvalue weighted by Gasteiger charge is -2.16. The number of fused-ring (bicyclic) bond motifs is 1. The topological polar surface area (TPSA) is 86.0 Å². The molecule has 0 radical (unpaired) electrons. The standard InChI is InChI=1S/C26H22O6/c1-17-7-5-6-10-20(17)22-14-25(27)32-23-13-19(11-12-21(22)23)31-24(26(28)29)16-30-15-18-8-3-2-4-9-18/h2-14,24H,15-16H2,1H3,(H,28,29)/t24-/m1/s1. The second kappa shape index (κ2) is 9.49. The molecule has 0 bridgehead atoms. The van der Waals surface area contributed by atoms with Gasteiger partial charge in [0.25, 0.3) is 0 Å². The molecule has 162 valence electrons. The van der Waals surface area contributed by atoms with Crippen LogP contribution in [0.3, 0.4) is 0 Å². The number of aryl methyl sites for hydroxylation is 1. The number of hydrogen-bond acceptors (Lipinski definition) is 5. The van der Waals surface area contributed by atoms with Crippen LogP contribution < -0.4 is 10.4 Å². The first-order chi connectivity index (χ1) is 15.5. The van der Waals surface area contributed by atoms with Crippen LogP contribution in [0.1, 0.15) is 11.1 Å². The molecular weight excluding hydrogens is 408 g/mol. The van der Waals surface area contributed by atoms with Crippen molar-refractivity contribution >= 4 is 16.9 Å². The normalized spacial score (nSPS) is 11.9. The van der Waals surface area contributed by atoms with Crippen molar-refractivity contribution in [2.75, 3.05) is 6.61 Å². The van der Waals surface area contributed by atoms with E-state index in [1.54, 1.807) is 12.1 Å². The highest BCUT2D eigenvalue weighted by Gasteiger charge is 2.21. The van der Waals surface area contributed by atoms with Crippen LogP contribution in [-0.2, 0) is 16.1 Å². The Morgan fingerprint density at radius 2 is 1.72 bits per heavy atom. The summed E-state index contributed by atoms with van der Waals surface area (Å²) in [6.07, 6.45) is -1.21. The minimum Gasteiger partial charge on any atom is -0.478 e. The number of carbonyl (C=O) groups is 1. The molecular formula is C26H22O6. The Kier molecular flexibility index (Phi) is 6.33. The Labute approximate surface area is 184 Å². The Balaban J connectivity index is 1.57. The Hall–Kier alpha value is -3.90. The lowest BCUT2D eigenvalue weighted by atomic mass is 9.98. The lowest BCUT2D eigenvalue weighted by Crippen LogP contribution is -2.32. The van der Waals surface area contributed by atoms with Gasteiger partial charge in [-0.25, -0.2) is 9.59 Å². The van der Waals surface area contributed by atoms with Gasteiger partial charge in [-0.3, -0.25) is 0 Å². The zero-order chi connectivity index (χ0) is 22.5. The molecule has 0 aliphatic rings. The van der Waals surface area contributed by atoms with E-state index in [4.69, 9.17) is 13.9 Å². The van der Waals surface area contributed by atoms with Crippen LogP contribution in [0.25, 0.3) is 22.1 Å². The summed E-state index contributed by atoms with van der Waals surface area (Å²) in [5, 5.41) is 10.3. The predicted octanol–water partition coefficient (Wildman–Crippen LogP) is 4.82. The molecule has 4 rings (SSSR count). The summed E-state index contributed by atoms with van der Waals surface area (Å²) in [5.41, 5.74) is 3.48. The first kappa shape index (κ1) is 21.3. The molecule has 0 unspecified atom stereocenters. The van der Waals surface area contributed by atoms with Crippen molar-refractivity contribution in [1.82, 2.24) is 0 Å². The maximum atomic E-state index is 12.2. The highest BCUT2D eigenvalue weighted by atomic mass is 16.6. The van der Waals surface area contributed by atoms with E-state index in [0.29, 0.717) is 5.58 Å². The van der Waals surface area contributed by atoms with Gasteiger partial charge in [0.05, 0.1) is 13.2 Å². The van der Waals surface area contributed by atoms with Crippen molar-refractivity contribution in [2.45, 2.75) is 19.6 Å². The third-order valence-corrected chi connectivity index (χ3v) is 5.09. The zero-order valence-corrected chi connectivity index (χ0v) is 17.5. The highest BCUT2D eigenvalue weighted by molar-refractivity contribution is 5.94. The van der Waals surface area contributed by atoms with Gasteiger partial charge in [0.2, 0.25) is 6.10 Å². The summed E-state index contributed by atoms with van der Waals surface area (Å²) in [4.78, 5) is 23.8. The van der Waals surface area contributed by atoms with Crippen LogP contribution in [0, 0.1) is 6.92 Å². The largest absolute Gasteiger partial charge is 0.478 e. The number of benzene rings is 3. The van der Waals surface area contributed by atoms with E-state index < -0.39 is 17.7 Å². The van der Waals surface area contributed by atoms with E-state index in [1.165, 1.54) is 12.1 Å². The maximum absolute atomic E-state index is 12.2. The third-order valence-electron chi connectivity index (χ3n) is 5.09. The van der Waals surface area contributed by atoms with Crippen molar-refractivity contribution in [1.29, 1.82) is 0 Å². The molecule has 1 N–H and O–H groups in total. The van der Waals surface area contributed by atoms with Crippen LogP contribution in [0.2, 0.25) is 0 Å². The van der Waals surface area contributed by atoms with Gasteiger partial charge in [-0.15, -0.1) is 0 Å². The van der Waals surface area contributed by atoms with E-state index >= 15 is 0 Å². The Bertz CT molecular complexity index is 1290. The van der Waals surface area contributed by atoms with Crippen molar-refractivity contribution in [3.05, 3.63) is 100 Å². The van der Waals surface area contributed by atoms with Crippen molar-refractivity contribution in [2.24, 2.45) is 0 Å². The number of rotatable bonds is 8. The van der Waals surface area contributed by atoms with Gasteiger partial charge >= 0.3 is 11.6 Å². The highest BCUT2D eigenvalue weighted by Crippen LogP contribution is 2.31. The molecule has 6 heteroatoms. The monoisotopic (exact) mass is 430 g/mol. The molecule has 6 nitrogen and oxygen atoms in total. The number of hydrogen-bond donors (Lipinski definition) is 1. The zero-order valence-electron chi connectivity index (χ0n) is 17.5. The maximum Gasteiger partial charge on any atom is 0.347 e. The SMILES string of the molecule is Cc1ccccc1-c1cc(=O)oc2cc(O[C@H](COCc3ccccc3)C(=O)O)ccc12. The van der Waals surface area contributed by atoms with Crippen LogP contribution in [0.15, 0.2) is 88.1 Å². The third kappa shape index (κ3) is 4.87. The van der Waals surface area contributed by atoms with E-state index in [1.807, 2.05) is 61.5 Å². The molecule has 32 heavy (non-hydrogen) atoms. The van der Waals surface area contributed by atoms with Crippen molar-refractivity contribution in [3.8, 4) is 16.9 Å². The summed E-state index contributed by atoms with van der Waals surface area (Å²) in [5.74, 6) is -0.869. The molecule has 1 heterocycles. The molecule has 0 fully saturated rings. The quantitative estimate of drug-likeness (QED) is 0.404. The number of aliphatic carboxylic acids is 1. The van der Waals surface area contributed by atoms with Gasteiger partial charge in [-0.1, -0.05) is 54.6 Å². The van der Waals surface area contributed by atoms with E-state index in [0.717, 1.165) is 27.6 Å². The van der Waals surface area contributed by atoms with Crippen LogP contribution >= 0.6 is 0 Å². The first-order valence-corrected chi connectivity index (χ1v) is 10.2. The first-order valence-electron chi connectivity index (χ1n) is 10.2. The molecule has 0 spiro atoms. The molecule has 4 aromatic rings. The van der Waals surface area contributed by atoms with Crippen LogP contribution in [-0.4, -0.2) is 23.8 Å². The minimum atomic E-state index is -1.21. The van der Waals surface area contributed by atoms with E-state index in [9.17, 15) is 14.7 Å². The molecule has 0 saturated heterocycles. The van der Waals surface area contributed by atoms with Gasteiger partial charge in [0, 0.05) is 23.1 Å². The van der Waals surface area contributed by atoms with Gasteiger partial charge in [0.15, 0.2) is 0 Å². The van der Waals surface area contributed by atoms with Gasteiger partial charge < -0.3 is 19.0 Å². The summed E-state index contributed by atoms with van der Waals surface area (Å²) < 4.78 is 16.5. The van der Waals surface area contributed by atoms with E-state index in [2.05, 4.69) is 0 Å². The molecule has 3 aromatic carbocycles. The minimum absolute atomic E-state index is 0.130. The smallest absolute Gasteiger partial charge is 0.347 e. The van der Waals surface area contributed by atoms with Gasteiger partial charge in [-0.05, 0) is 35.7 Å². The lowest BCUT2D eigenvalue weighted by molar-refractivity contribution is -0.148. The predicted molar refractivity (Wildman–Crippen MR) is 121 cm³/mol. The van der Waals surface area contributed by atoms with Gasteiger partial charge in [0.1, 0.15) is 11.3 Å². The van der Waals surface area contributed by atoms with Crippen molar-refractivity contribution < 1.29 is 23.8 Å². The summed E-state index contributed by atoms with van der Waals surface area (Å²) in [6.45, 7) is 2.12. The number of carboxylic acid groups (broad SMARTS) is 1. The second-order valence-electron chi connectivity index (χ2n) is 7.40. The molecule has 0 aliphatic carbocycles. The van der Waals surface area contributed by atoms with Crippen LogP contribution in [0.5, 0.6) is 5.75 Å². The summed E-state index contributed by atoms with van der Waals surface area (Å²) >= 11 is 0. The fourth-order valence-electron chi connectivity index (χ4n) is 3.49. The number of ether oxygens (including phenoxy) is 2. The molecule has 1 aromatic heterocycles. The van der Waals surface area contributed by atoms with Crippen LogP contribution in [0.4, 0.5) is 0 Å². The number of carboxylic acids is 1. The fourth-order valence-corrected chi connectivity index (χ4v) is 3.49. The van der Waals surface area contributed by atoms with E-state index in [-0.39, 0.29) is 19.0 Å². The molecule has 0 aliphatic heterocycles. The second-order valence-corrected chi connectivity index (χ2v) is 7.40. The summed E-state index contributed by atoms with van der Waals surface area (Å²) in [6, 6.07) is 23.6. The summed E-state index contributed by atoms with van der Waals surface area (Å²) in [7, 11) is 0.